The van der Waals surface area contributed by atoms with Crippen LogP contribution in [0.15, 0.2) is 66.7 Å². The molecule has 4 aromatic rings. The number of rotatable bonds is 11. The number of hydrogen-bond donors (Lipinski definition) is 0. The molecule has 0 amide bonds. The second-order valence-electron chi connectivity index (χ2n) is 11.2. The second kappa shape index (κ2) is 13.0. The molecule has 48 heavy (non-hydrogen) atoms. The van der Waals surface area contributed by atoms with Crippen LogP contribution in [0.5, 0.6) is 46.0 Å². The monoisotopic (exact) mass is 656 g/mol. The smallest absolute Gasteiger partial charge is 0.279 e. The van der Waals surface area contributed by atoms with E-state index in [9.17, 15) is 9.59 Å². The third kappa shape index (κ3) is 5.29. The van der Waals surface area contributed by atoms with Crippen molar-refractivity contribution in [1.29, 1.82) is 0 Å². The fourth-order valence-corrected chi connectivity index (χ4v) is 6.32. The Labute approximate surface area is 278 Å². The Kier molecular flexibility index (Phi) is 8.81. The van der Waals surface area contributed by atoms with E-state index in [4.69, 9.17) is 42.6 Å². The number of hydrogen-bond acceptors (Lipinski definition) is 11. The molecular formula is C37H36O11. The van der Waals surface area contributed by atoms with Gasteiger partial charge in [-0.05, 0) is 35.4 Å². The van der Waals surface area contributed by atoms with Crippen molar-refractivity contribution < 1.29 is 52.2 Å². The molecule has 2 aliphatic rings. The third-order valence-electron chi connectivity index (χ3n) is 8.79. The minimum Gasteiger partial charge on any atom is -0.497 e. The molecule has 0 aromatic heterocycles. The molecule has 3 atom stereocenters. The SMILES string of the molecule is COc1ccc(C[C@@]2(OC)Oc3c(c(OC)cc(OC)c3[C@@H]3C(=O)c4c(OC)cc(OC)cc4O[C@H]3c3ccc(OC)cc3)C2=O)cc1. The van der Waals surface area contributed by atoms with Crippen LogP contribution in [0.2, 0.25) is 0 Å². The average molecular weight is 657 g/mol. The molecule has 0 bridgehead atoms. The van der Waals surface area contributed by atoms with E-state index in [1.807, 2.05) is 24.3 Å². The molecule has 6 rings (SSSR count). The highest BCUT2D eigenvalue weighted by atomic mass is 16.7. The van der Waals surface area contributed by atoms with E-state index < -0.39 is 23.6 Å². The number of methoxy groups -OCH3 is 7. The van der Waals surface area contributed by atoms with Crippen LogP contribution in [-0.2, 0) is 11.2 Å². The number of ketones is 2. The Morgan fingerprint density at radius 2 is 1.23 bits per heavy atom. The maximum absolute atomic E-state index is 14.9. The van der Waals surface area contributed by atoms with Crippen LogP contribution in [-0.4, -0.2) is 67.1 Å². The van der Waals surface area contributed by atoms with Crippen molar-refractivity contribution in [3.05, 3.63) is 94.5 Å². The number of benzene rings is 4. The van der Waals surface area contributed by atoms with Gasteiger partial charge in [-0.25, -0.2) is 0 Å². The Hall–Kier alpha value is -5.42. The van der Waals surface area contributed by atoms with E-state index in [1.165, 1.54) is 35.5 Å². The van der Waals surface area contributed by atoms with Gasteiger partial charge in [0.2, 0.25) is 5.78 Å². The summed E-state index contributed by atoms with van der Waals surface area (Å²) in [6.45, 7) is 0. The summed E-state index contributed by atoms with van der Waals surface area (Å²) >= 11 is 0. The van der Waals surface area contributed by atoms with Crippen LogP contribution in [0.1, 0.15) is 49.4 Å². The van der Waals surface area contributed by atoms with Crippen LogP contribution in [0.3, 0.4) is 0 Å². The molecular weight excluding hydrogens is 620 g/mol. The number of carbonyl (C=O) groups is 2. The summed E-state index contributed by atoms with van der Waals surface area (Å²) in [7, 11) is 10.4. The molecule has 0 spiro atoms. The normalized spacial score (nSPS) is 19.4. The summed E-state index contributed by atoms with van der Waals surface area (Å²) in [6, 6.07) is 19.3. The molecule has 250 valence electrons. The Morgan fingerprint density at radius 3 is 1.79 bits per heavy atom. The van der Waals surface area contributed by atoms with E-state index in [1.54, 1.807) is 56.7 Å². The summed E-state index contributed by atoms with van der Waals surface area (Å²) in [5.74, 6) is -0.827. The van der Waals surface area contributed by atoms with Gasteiger partial charge in [-0.1, -0.05) is 24.3 Å². The van der Waals surface area contributed by atoms with E-state index in [-0.39, 0.29) is 52.1 Å². The van der Waals surface area contributed by atoms with Gasteiger partial charge in [-0.3, -0.25) is 9.59 Å². The number of fused-ring (bicyclic) bond motifs is 2. The lowest BCUT2D eigenvalue weighted by molar-refractivity contribution is -0.117. The van der Waals surface area contributed by atoms with Crippen molar-refractivity contribution in [1.82, 2.24) is 0 Å². The maximum atomic E-state index is 14.9. The molecule has 4 aromatic carbocycles. The lowest BCUT2D eigenvalue weighted by atomic mass is 9.79. The van der Waals surface area contributed by atoms with Gasteiger partial charge in [0.05, 0.1) is 54.1 Å². The maximum Gasteiger partial charge on any atom is 0.279 e. The van der Waals surface area contributed by atoms with Gasteiger partial charge in [0, 0.05) is 31.7 Å². The van der Waals surface area contributed by atoms with Gasteiger partial charge in [0.25, 0.3) is 5.79 Å². The van der Waals surface area contributed by atoms with Crippen LogP contribution in [0, 0.1) is 0 Å². The van der Waals surface area contributed by atoms with Crippen molar-refractivity contribution in [2.75, 3.05) is 49.8 Å². The molecule has 0 unspecified atom stereocenters. The highest BCUT2D eigenvalue weighted by molar-refractivity contribution is 6.12. The highest BCUT2D eigenvalue weighted by Gasteiger charge is 2.55. The molecule has 0 saturated carbocycles. The predicted octanol–water partition coefficient (Wildman–Crippen LogP) is 6.00. The lowest BCUT2D eigenvalue weighted by Gasteiger charge is -2.35. The van der Waals surface area contributed by atoms with Crippen molar-refractivity contribution >= 4 is 11.6 Å². The van der Waals surface area contributed by atoms with Crippen LogP contribution in [0.25, 0.3) is 0 Å². The van der Waals surface area contributed by atoms with E-state index >= 15 is 0 Å². The van der Waals surface area contributed by atoms with Gasteiger partial charge in [-0.2, -0.15) is 0 Å². The average Bonchev–Trinajstić information content (AvgIpc) is 3.42. The number of ether oxygens (including phenoxy) is 9. The number of carbonyl (C=O) groups excluding carboxylic acids is 2. The van der Waals surface area contributed by atoms with Gasteiger partial charge >= 0.3 is 0 Å². The molecule has 11 heteroatoms. The zero-order chi connectivity index (χ0) is 34.2. The van der Waals surface area contributed by atoms with Crippen molar-refractivity contribution in [2.24, 2.45) is 0 Å². The molecule has 0 saturated heterocycles. The van der Waals surface area contributed by atoms with Crippen molar-refractivity contribution in [3.8, 4) is 46.0 Å². The molecule has 11 nitrogen and oxygen atoms in total. The first-order valence-corrected chi connectivity index (χ1v) is 15.1. The summed E-state index contributed by atoms with van der Waals surface area (Å²) in [4.78, 5) is 29.3. The van der Waals surface area contributed by atoms with Crippen molar-refractivity contribution in [3.63, 3.8) is 0 Å². The first-order valence-electron chi connectivity index (χ1n) is 15.1. The van der Waals surface area contributed by atoms with Crippen LogP contribution < -0.4 is 37.9 Å². The Balaban J connectivity index is 1.57. The molecule has 0 N–H and O–H groups in total. The summed E-state index contributed by atoms with van der Waals surface area (Å²) in [5, 5.41) is 0. The predicted molar refractivity (Wildman–Crippen MR) is 174 cm³/mol. The van der Waals surface area contributed by atoms with E-state index in [0.717, 1.165) is 5.56 Å². The van der Waals surface area contributed by atoms with Crippen LogP contribution >= 0.6 is 0 Å². The first kappa shape index (κ1) is 32.5. The van der Waals surface area contributed by atoms with Crippen LogP contribution in [0.4, 0.5) is 0 Å². The van der Waals surface area contributed by atoms with E-state index in [0.29, 0.717) is 28.4 Å². The summed E-state index contributed by atoms with van der Waals surface area (Å²) < 4.78 is 52.5. The Morgan fingerprint density at radius 1 is 0.646 bits per heavy atom. The molecule has 0 radical (unpaired) electrons. The van der Waals surface area contributed by atoms with E-state index in [2.05, 4.69) is 0 Å². The van der Waals surface area contributed by atoms with Gasteiger partial charge in [0.1, 0.15) is 63.2 Å². The fourth-order valence-electron chi connectivity index (χ4n) is 6.32. The zero-order valence-electron chi connectivity index (χ0n) is 27.7. The first-order chi connectivity index (χ1) is 23.3. The highest BCUT2D eigenvalue weighted by Crippen LogP contribution is 2.56. The van der Waals surface area contributed by atoms with Gasteiger partial charge < -0.3 is 42.6 Å². The minimum absolute atomic E-state index is 0.0550. The molecule has 0 aliphatic carbocycles. The third-order valence-corrected chi connectivity index (χ3v) is 8.79. The quantitative estimate of drug-likeness (QED) is 0.189. The molecule has 0 fully saturated rings. The minimum atomic E-state index is -1.78. The molecule has 2 heterocycles. The summed E-state index contributed by atoms with van der Waals surface area (Å²) in [6.07, 6.45) is -0.851. The Bertz CT molecular complexity index is 1850. The standard InChI is InChI=1S/C37H36O11/c1-40-22-12-8-20(9-13-22)19-37(46-7)36(39)31-27(45-6)18-26(44-5)30(35(31)48-37)32-33(38)29-25(43-4)16-24(42-3)17-28(29)47-34(32)21-10-14-23(41-2)15-11-21/h8-18,32,34H,19H2,1-7H3/t32-,34+,37-/m1/s1. The summed E-state index contributed by atoms with van der Waals surface area (Å²) in [5.41, 5.74) is 2.04. The fraction of sp³-hybridized carbons (Fsp3) is 0.297. The lowest BCUT2D eigenvalue weighted by Crippen LogP contribution is -2.44. The second-order valence-corrected chi connectivity index (χ2v) is 11.2. The topological polar surface area (TPSA) is 117 Å². The van der Waals surface area contributed by atoms with Crippen molar-refractivity contribution in [2.45, 2.75) is 24.2 Å². The molecule has 2 aliphatic heterocycles. The number of Topliss-reactive ketones (excluding diaryl/α,β-unsaturated/α-hetero) is 2. The largest absolute Gasteiger partial charge is 0.497 e. The zero-order valence-corrected chi connectivity index (χ0v) is 27.7. The van der Waals surface area contributed by atoms with Gasteiger partial charge in [-0.15, -0.1) is 0 Å². The van der Waals surface area contributed by atoms with Gasteiger partial charge in [0.15, 0.2) is 5.78 Å².